The number of nitrogens with zero attached hydrogens (tertiary/aromatic N) is 1. The van der Waals surface area contributed by atoms with Gasteiger partial charge in [0.25, 0.3) is 0 Å². The zero-order chi connectivity index (χ0) is 33.0. The zero-order valence-corrected chi connectivity index (χ0v) is 24.5. The Morgan fingerprint density at radius 2 is 1.78 bits per heavy atom. The molecule has 244 valence electrons. The van der Waals surface area contributed by atoms with Crippen LogP contribution in [-0.2, 0) is 50.0 Å². The van der Waals surface area contributed by atoms with Gasteiger partial charge in [0.15, 0.2) is 35.9 Å². The fourth-order valence-corrected chi connectivity index (χ4v) is 6.86. The van der Waals surface area contributed by atoms with Gasteiger partial charge in [-0.2, -0.15) is 0 Å². The average Bonchev–Trinajstić information content (AvgIpc) is 3.35. The minimum absolute atomic E-state index is 0.0118. The fraction of sp³-hybridized carbons (Fsp3) is 0.552. The number of ether oxygens (including phenoxy) is 5. The Labute approximate surface area is 255 Å². The Kier molecular flexibility index (Phi) is 8.28. The lowest BCUT2D eigenvalue weighted by Gasteiger charge is -2.61. The van der Waals surface area contributed by atoms with Gasteiger partial charge in [-0.1, -0.05) is 6.07 Å². The van der Waals surface area contributed by atoms with E-state index in [4.69, 9.17) is 33.9 Å². The number of benzene rings is 1. The lowest BCUT2D eigenvalue weighted by Crippen LogP contribution is -2.74. The van der Waals surface area contributed by atoms with Crippen LogP contribution in [0.25, 0.3) is 0 Å². The van der Waals surface area contributed by atoms with Gasteiger partial charge >= 0.3 is 29.8 Å². The third kappa shape index (κ3) is 5.07. The van der Waals surface area contributed by atoms with Crippen LogP contribution in [0.2, 0.25) is 0 Å². The van der Waals surface area contributed by atoms with E-state index in [0.29, 0.717) is 30.9 Å². The minimum atomic E-state index is -2.65. The molecule has 0 radical (unpaired) electrons. The van der Waals surface area contributed by atoms with Gasteiger partial charge in [-0.15, -0.1) is 0 Å². The molecule has 45 heavy (non-hydrogen) atoms. The van der Waals surface area contributed by atoms with Crippen LogP contribution in [0.3, 0.4) is 0 Å². The summed E-state index contributed by atoms with van der Waals surface area (Å²) in [6, 6.07) is 3.40. The van der Waals surface area contributed by atoms with E-state index in [1.165, 1.54) is 13.2 Å². The van der Waals surface area contributed by atoms with E-state index in [2.05, 4.69) is 4.90 Å². The molecule has 0 aromatic heterocycles. The molecule has 0 unspecified atom stereocenters. The molecule has 2 aliphatic carbocycles. The molecule has 1 spiro atoms. The van der Waals surface area contributed by atoms with Crippen molar-refractivity contribution in [3.8, 4) is 11.5 Å². The molecule has 4 aliphatic rings. The highest BCUT2D eigenvalue weighted by atomic mass is 16.6. The van der Waals surface area contributed by atoms with Crippen molar-refractivity contribution in [3.63, 3.8) is 0 Å². The van der Waals surface area contributed by atoms with Gasteiger partial charge in [0.2, 0.25) is 6.10 Å². The molecule has 0 amide bonds. The number of hydrogen-bond donors (Lipinski definition) is 5. The van der Waals surface area contributed by atoms with Crippen LogP contribution < -0.4 is 9.47 Å². The molecule has 2 heterocycles. The van der Waals surface area contributed by atoms with Crippen molar-refractivity contribution in [2.75, 3.05) is 20.7 Å². The minimum Gasteiger partial charge on any atom is -0.493 e. The molecule has 5 N–H and O–H groups in total. The highest BCUT2D eigenvalue weighted by molar-refractivity contribution is 5.89. The molecule has 16 heteroatoms. The van der Waals surface area contributed by atoms with Gasteiger partial charge in [0.1, 0.15) is 5.76 Å². The van der Waals surface area contributed by atoms with Gasteiger partial charge in [-0.05, 0) is 51.1 Å². The molecule has 1 fully saturated rings. The van der Waals surface area contributed by atoms with Crippen molar-refractivity contribution >= 4 is 29.8 Å². The van der Waals surface area contributed by atoms with Crippen molar-refractivity contribution in [1.82, 2.24) is 4.90 Å². The molecule has 1 saturated heterocycles. The summed E-state index contributed by atoms with van der Waals surface area (Å²) in [7, 11) is 3.40. The van der Waals surface area contributed by atoms with Gasteiger partial charge in [0, 0.05) is 18.0 Å². The predicted octanol–water partition coefficient (Wildman–Crippen LogP) is -1.36. The number of piperidine rings is 1. The first-order valence-corrected chi connectivity index (χ1v) is 14.1. The number of aliphatic carboxylic acids is 2. The largest absolute Gasteiger partial charge is 0.493 e. The van der Waals surface area contributed by atoms with Crippen LogP contribution in [0.1, 0.15) is 37.3 Å². The number of carboxylic acids is 2. The van der Waals surface area contributed by atoms with Gasteiger partial charge in [0.05, 0.1) is 24.5 Å². The second-order valence-corrected chi connectivity index (χ2v) is 11.5. The van der Waals surface area contributed by atoms with E-state index in [0.717, 1.165) is 18.1 Å². The number of methoxy groups -OCH3 is 1. The Hall–Kier alpha value is -4.25. The quantitative estimate of drug-likeness (QED) is 0.139. The summed E-state index contributed by atoms with van der Waals surface area (Å²) in [4.78, 5) is 62.6. The third-order valence-electron chi connectivity index (χ3n) is 9.10. The summed E-state index contributed by atoms with van der Waals surface area (Å²) in [6.45, 7) is 1.59. The smallest absolute Gasteiger partial charge is 0.348 e. The molecule has 0 saturated carbocycles. The fourth-order valence-electron chi connectivity index (χ4n) is 6.86. The highest BCUT2D eigenvalue weighted by Crippen LogP contribution is 2.65. The third-order valence-corrected chi connectivity index (χ3v) is 9.10. The van der Waals surface area contributed by atoms with Crippen LogP contribution in [0.15, 0.2) is 24.0 Å². The number of carbonyl (C=O) groups is 5. The Balaban J connectivity index is 1.42. The molecule has 8 atom stereocenters. The summed E-state index contributed by atoms with van der Waals surface area (Å²) in [5, 5.41) is 49.6. The lowest BCUT2D eigenvalue weighted by molar-refractivity contribution is -0.186. The predicted molar refractivity (Wildman–Crippen MR) is 145 cm³/mol. The van der Waals surface area contributed by atoms with Crippen LogP contribution >= 0.6 is 0 Å². The standard InChI is InChI=1S/C29H33NO15/c1-12(24(34)35)42-26(38)16(44-27(39)21(33)20(32)25(36)37)11-18(31)43-15-6-7-29(40)17-10-13-4-5-14(41-3)22-19(13)28(29,23(15)45-22)8-9-30(17)2/h4-6,12,16-17,20-21,23,32-33,40H,7-11H2,1-3H3,(H,34,35)(H,36,37)/t12-,16-,17-,20+,21+,23-,28-,29+/m0/s1. The first-order chi connectivity index (χ1) is 21.2. The second-order valence-electron chi connectivity index (χ2n) is 11.5. The normalized spacial score (nSPS) is 28.6. The summed E-state index contributed by atoms with van der Waals surface area (Å²) in [6.07, 6.45) is -8.68. The summed E-state index contributed by atoms with van der Waals surface area (Å²) < 4.78 is 27.1. The van der Waals surface area contributed by atoms with Crippen LogP contribution in [0, 0.1) is 0 Å². The van der Waals surface area contributed by atoms with E-state index in [1.807, 2.05) is 13.1 Å². The Morgan fingerprint density at radius 3 is 2.42 bits per heavy atom. The van der Waals surface area contributed by atoms with E-state index in [9.17, 15) is 39.3 Å². The lowest BCUT2D eigenvalue weighted by atomic mass is 9.50. The molecule has 2 bridgehead atoms. The van der Waals surface area contributed by atoms with Crippen LogP contribution in [0.4, 0.5) is 0 Å². The number of esters is 3. The highest BCUT2D eigenvalue weighted by Gasteiger charge is 2.72. The number of aliphatic hydroxyl groups is 3. The molecule has 2 aliphatic heterocycles. The topological polar surface area (TPSA) is 236 Å². The first kappa shape index (κ1) is 32.2. The SMILES string of the molecule is COc1ccc2c3c1O[C@H]1C(OC(=O)C[C@H](OC(=O)[C@H](O)[C@@H](O)C(=O)O)C(=O)O[C@@H](C)C(=O)O)=CC[C@@]4(O)[C@H](C2)N(C)CC[C@]314. The molecule has 1 aromatic rings. The van der Waals surface area contributed by atoms with E-state index >= 15 is 0 Å². The van der Waals surface area contributed by atoms with Gasteiger partial charge in [-0.25, -0.2) is 19.2 Å². The summed E-state index contributed by atoms with van der Waals surface area (Å²) >= 11 is 0. The molecule has 16 nitrogen and oxygen atoms in total. The zero-order valence-electron chi connectivity index (χ0n) is 24.5. The van der Waals surface area contributed by atoms with E-state index in [-0.39, 0.29) is 18.2 Å². The summed E-state index contributed by atoms with van der Waals surface area (Å²) in [5.74, 6) is -7.16. The van der Waals surface area contributed by atoms with Crippen LogP contribution in [-0.4, -0.2) is 123 Å². The van der Waals surface area contributed by atoms with Crippen molar-refractivity contribution < 1.29 is 73.2 Å². The second kappa shape index (κ2) is 11.6. The van der Waals surface area contributed by atoms with Crippen LogP contribution in [0.5, 0.6) is 11.5 Å². The maximum absolute atomic E-state index is 13.3. The Bertz CT molecular complexity index is 1470. The first-order valence-electron chi connectivity index (χ1n) is 14.1. The number of aliphatic hydroxyl groups excluding tert-OH is 2. The van der Waals surface area contributed by atoms with E-state index < -0.39 is 77.8 Å². The number of hydrogen-bond acceptors (Lipinski definition) is 14. The molecular formula is C29H33NO15. The number of rotatable bonds is 11. The monoisotopic (exact) mass is 635 g/mol. The van der Waals surface area contributed by atoms with Crippen molar-refractivity contribution in [1.29, 1.82) is 0 Å². The summed E-state index contributed by atoms with van der Waals surface area (Å²) in [5.41, 5.74) is -0.609. The van der Waals surface area contributed by atoms with Gasteiger partial charge < -0.3 is 54.1 Å². The van der Waals surface area contributed by atoms with Gasteiger partial charge in [-0.3, -0.25) is 4.79 Å². The van der Waals surface area contributed by atoms with Crippen molar-refractivity contribution in [3.05, 3.63) is 35.1 Å². The number of carboxylic acid groups (broad SMARTS) is 2. The molecule has 1 aromatic carbocycles. The number of carbonyl (C=O) groups excluding carboxylic acids is 3. The number of likely N-dealkylation sites (tertiary alicyclic amines) is 1. The Morgan fingerprint density at radius 1 is 1.07 bits per heavy atom. The molecule has 5 rings (SSSR count). The molecular weight excluding hydrogens is 602 g/mol. The number of likely N-dealkylation sites (N-methyl/N-ethyl adjacent to an activating group) is 1. The maximum Gasteiger partial charge on any atom is 0.348 e. The maximum atomic E-state index is 13.3. The van der Waals surface area contributed by atoms with Crippen molar-refractivity contribution in [2.24, 2.45) is 0 Å². The van der Waals surface area contributed by atoms with Crippen molar-refractivity contribution in [2.45, 2.75) is 80.2 Å². The van der Waals surface area contributed by atoms with E-state index in [1.54, 1.807) is 6.07 Å². The average molecular weight is 636 g/mol.